The van der Waals surface area contributed by atoms with Crippen LogP contribution in [-0.4, -0.2) is 29.7 Å². The van der Waals surface area contributed by atoms with Crippen LogP contribution in [0.5, 0.6) is 0 Å². The van der Waals surface area contributed by atoms with Gasteiger partial charge in [-0.15, -0.1) is 0 Å². The number of nitrogens with one attached hydrogen (secondary N) is 2. The molecule has 0 bridgehead atoms. The summed E-state index contributed by atoms with van der Waals surface area (Å²) in [6, 6.07) is -0.419. The van der Waals surface area contributed by atoms with Crippen LogP contribution in [0.1, 0.15) is 44.9 Å². The topological polar surface area (TPSA) is 78.4 Å². The smallest absolute Gasteiger partial charge is 0.315 e. The normalized spacial score (nSPS) is 28.2. The second-order valence-corrected chi connectivity index (χ2v) is 5.49. The van der Waals surface area contributed by atoms with Crippen molar-refractivity contribution in [3.05, 3.63) is 0 Å². The first kappa shape index (κ1) is 13.2. The fourth-order valence-electron chi connectivity index (χ4n) is 2.75. The van der Waals surface area contributed by atoms with Gasteiger partial charge in [-0.2, -0.15) is 0 Å². The third kappa shape index (κ3) is 3.37. The first-order valence-electron chi connectivity index (χ1n) is 6.94. The molecular weight excluding hydrogens is 232 g/mol. The molecule has 0 aliphatic heterocycles. The van der Waals surface area contributed by atoms with Crippen molar-refractivity contribution in [2.24, 2.45) is 11.8 Å². The van der Waals surface area contributed by atoms with Gasteiger partial charge < -0.3 is 15.7 Å². The second kappa shape index (κ2) is 6.07. The minimum Gasteiger partial charge on any atom is -0.481 e. The summed E-state index contributed by atoms with van der Waals surface area (Å²) >= 11 is 0. The Morgan fingerprint density at radius 3 is 2.39 bits per heavy atom. The lowest BCUT2D eigenvalue weighted by Gasteiger charge is -2.30. The Kier molecular flexibility index (Phi) is 4.44. The van der Waals surface area contributed by atoms with E-state index in [1.165, 1.54) is 19.3 Å². The summed E-state index contributed by atoms with van der Waals surface area (Å²) in [5.74, 6) is -0.593. The summed E-state index contributed by atoms with van der Waals surface area (Å²) in [6.07, 6.45) is 7.04. The van der Waals surface area contributed by atoms with E-state index in [2.05, 4.69) is 10.6 Å². The van der Waals surface area contributed by atoms with Crippen LogP contribution < -0.4 is 10.6 Å². The van der Waals surface area contributed by atoms with Gasteiger partial charge in [0.05, 0.1) is 5.92 Å². The first-order valence-corrected chi connectivity index (χ1v) is 6.94. The standard InChI is InChI=1S/C13H22N2O3/c16-12(17)10-6-1-2-7-11(10)15-13(18)14-8-9-4-3-5-9/h9-11H,1-8H2,(H,16,17)(H2,14,15,18). The molecule has 0 aromatic heterocycles. The van der Waals surface area contributed by atoms with Gasteiger partial charge in [0.15, 0.2) is 0 Å². The first-order chi connectivity index (χ1) is 8.66. The molecule has 18 heavy (non-hydrogen) atoms. The van der Waals surface area contributed by atoms with Crippen LogP contribution >= 0.6 is 0 Å². The molecule has 3 N–H and O–H groups in total. The molecule has 0 aromatic carbocycles. The Bertz CT molecular complexity index is 315. The van der Waals surface area contributed by atoms with Gasteiger partial charge in [-0.1, -0.05) is 19.3 Å². The van der Waals surface area contributed by atoms with Crippen molar-refractivity contribution in [1.29, 1.82) is 0 Å². The number of amides is 2. The zero-order valence-corrected chi connectivity index (χ0v) is 10.7. The highest BCUT2D eigenvalue weighted by molar-refractivity contribution is 5.76. The summed E-state index contributed by atoms with van der Waals surface area (Å²) in [5.41, 5.74) is 0. The minimum absolute atomic E-state index is 0.208. The molecule has 2 saturated carbocycles. The number of carbonyl (C=O) groups excluding carboxylic acids is 1. The van der Waals surface area contributed by atoms with Crippen molar-refractivity contribution < 1.29 is 14.7 Å². The third-order valence-corrected chi connectivity index (χ3v) is 4.18. The number of rotatable bonds is 4. The predicted molar refractivity (Wildman–Crippen MR) is 67.3 cm³/mol. The van der Waals surface area contributed by atoms with Gasteiger partial charge in [-0.3, -0.25) is 4.79 Å². The van der Waals surface area contributed by atoms with Crippen LogP contribution in [0.25, 0.3) is 0 Å². The van der Waals surface area contributed by atoms with Gasteiger partial charge in [0.1, 0.15) is 0 Å². The average Bonchev–Trinajstić information content (AvgIpc) is 2.27. The Balaban J connectivity index is 1.75. The van der Waals surface area contributed by atoms with Gasteiger partial charge >= 0.3 is 12.0 Å². The maximum absolute atomic E-state index is 11.7. The molecule has 2 aliphatic rings. The van der Waals surface area contributed by atoms with E-state index in [1.54, 1.807) is 0 Å². The number of carbonyl (C=O) groups is 2. The lowest BCUT2D eigenvalue weighted by Crippen LogP contribution is -2.49. The van der Waals surface area contributed by atoms with Crippen LogP contribution in [-0.2, 0) is 4.79 Å². The second-order valence-electron chi connectivity index (χ2n) is 5.49. The Morgan fingerprint density at radius 1 is 1.06 bits per heavy atom. The summed E-state index contributed by atoms with van der Waals surface area (Å²) in [6.45, 7) is 0.719. The number of carboxylic acids is 1. The zero-order valence-electron chi connectivity index (χ0n) is 10.7. The van der Waals surface area contributed by atoms with Gasteiger partial charge in [-0.05, 0) is 31.6 Å². The molecule has 0 heterocycles. The van der Waals surface area contributed by atoms with Gasteiger partial charge in [0.2, 0.25) is 0 Å². The number of aliphatic carboxylic acids is 1. The number of carboxylic acid groups (broad SMARTS) is 1. The van der Waals surface area contributed by atoms with Crippen molar-refractivity contribution in [2.75, 3.05) is 6.54 Å². The van der Waals surface area contributed by atoms with Crippen molar-refractivity contribution in [3.63, 3.8) is 0 Å². The van der Waals surface area contributed by atoms with E-state index < -0.39 is 11.9 Å². The van der Waals surface area contributed by atoms with Crippen molar-refractivity contribution >= 4 is 12.0 Å². The minimum atomic E-state index is -0.793. The highest BCUT2D eigenvalue weighted by Crippen LogP contribution is 2.26. The molecule has 0 saturated heterocycles. The van der Waals surface area contributed by atoms with E-state index in [1.807, 2.05) is 0 Å². The molecule has 2 atom stereocenters. The molecule has 5 heteroatoms. The van der Waals surface area contributed by atoms with Gasteiger partial charge in [0, 0.05) is 12.6 Å². The summed E-state index contributed by atoms with van der Waals surface area (Å²) in [4.78, 5) is 22.8. The highest BCUT2D eigenvalue weighted by Gasteiger charge is 2.31. The number of urea groups is 1. The van der Waals surface area contributed by atoms with Crippen LogP contribution in [0.2, 0.25) is 0 Å². The van der Waals surface area contributed by atoms with E-state index >= 15 is 0 Å². The molecule has 102 valence electrons. The zero-order chi connectivity index (χ0) is 13.0. The lowest BCUT2D eigenvalue weighted by atomic mass is 9.84. The van der Waals surface area contributed by atoms with Crippen LogP contribution in [0.15, 0.2) is 0 Å². The predicted octanol–water partition coefficient (Wildman–Crippen LogP) is 1.73. The third-order valence-electron chi connectivity index (χ3n) is 4.18. The molecule has 0 radical (unpaired) electrons. The Morgan fingerprint density at radius 2 is 1.78 bits per heavy atom. The van der Waals surface area contributed by atoms with Crippen molar-refractivity contribution in [1.82, 2.24) is 10.6 Å². The lowest BCUT2D eigenvalue weighted by molar-refractivity contribution is -0.143. The molecule has 2 unspecified atom stereocenters. The number of hydrogen-bond acceptors (Lipinski definition) is 2. The summed E-state index contributed by atoms with van der Waals surface area (Å²) in [7, 11) is 0. The van der Waals surface area contributed by atoms with E-state index in [9.17, 15) is 9.59 Å². The molecule has 0 aromatic rings. The maximum atomic E-state index is 11.7. The van der Waals surface area contributed by atoms with Crippen molar-refractivity contribution in [3.8, 4) is 0 Å². The van der Waals surface area contributed by atoms with Gasteiger partial charge in [-0.25, -0.2) is 4.79 Å². The quantitative estimate of drug-likeness (QED) is 0.715. The fraction of sp³-hybridized carbons (Fsp3) is 0.846. The molecule has 0 spiro atoms. The maximum Gasteiger partial charge on any atom is 0.315 e. The monoisotopic (exact) mass is 254 g/mol. The average molecular weight is 254 g/mol. The van der Waals surface area contributed by atoms with Crippen LogP contribution in [0.4, 0.5) is 4.79 Å². The molecular formula is C13H22N2O3. The fourth-order valence-corrected chi connectivity index (χ4v) is 2.75. The Labute approximate surface area is 107 Å². The summed E-state index contributed by atoms with van der Waals surface area (Å²) < 4.78 is 0. The Hall–Kier alpha value is -1.26. The molecule has 2 aliphatic carbocycles. The van der Waals surface area contributed by atoms with E-state index in [0.29, 0.717) is 12.3 Å². The SMILES string of the molecule is O=C(NCC1CCC1)NC1CCCCC1C(=O)O. The molecule has 2 fully saturated rings. The van der Waals surface area contributed by atoms with Gasteiger partial charge in [0.25, 0.3) is 0 Å². The number of hydrogen-bond donors (Lipinski definition) is 3. The van der Waals surface area contributed by atoms with E-state index in [-0.39, 0.29) is 12.1 Å². The van der Waals surface area contributed by atoms with Crippen LogP contribution in [0, 0.1) is 11.8 Å². The molecule has 2 rings (SSSR count). The molecule has 2 amide bonds. The molecule has 5 nitrogen and oxygen atoms in total. The van der Waals surface area contributed by atoms with Crippen LogP contribution in [0.3, 0.4) is 0 Å². The summed E-state index contributed by atoms with van der Waals surface area (Å²) in [5, 5.41) is 14.8. The van der Waals surface area contributed by atoms with Crippen molar-refractivity contribution in [2.45, 2.75) is 51.0 Å². The van der Waals surface area contributed by atoms with E-state index in [0.717, 1.165) is 25.8 Å². The largest absolute Gasteiger partial charge is 0.481 e. The van der Waals surface area contributed by atoms with E-state index in [4.69, 9.17) is 5.11 Å². The highest BCUT2D eigenvalue weighted by atomic mass is 16.4.